The Hall–Kier alpha value is -0.480. The van der Waals surface area contributed by atoms with E-state index in [0.29, 0.717) is 5.92 Å². The Kier molecular flexibility index (Phi) is 3.20. The van der Waals surface area contributed by atoms with Crippen molar-refractivity contribution in [3.8, 4) is 0 Å². The molecule has 3 heterocycles. The van der Waals surface area contributed by atoms with E-state index in [2.05, 4.69) is 16.1 Å². The van der Waals surface area contributed by atoms with Crippen molar-refractivity contribution in [2.75, 3.05) is 18.8 Å². The van der Waals surface area contributed by atoms with Crippen LogP contribution < -0.4 is 5.32 Å². The zero-order valence-corrected chi connectivity index (χ0v) is 10.4. The standard InChI is InChI=1S/C12H19N3S/c1-2-8-16-12-9-11(14-15(12)7-1)10-3-5-13-6-4-10/h9-10,13H,1-8H2. The van der Waals surface area contributed by atoms with Crippen LogP contribution in [0.3, 0.4) is 0 Å². The van der Waals surface area contributed by atoms with Crippen LogP contribution in [0.5, 0.6) is 0 Å². The molecule has 3 rings (SSSR count). The summed E-state index contributed by atoms with van der Waals surface area (Å²) in [6.45, 7) is 3.42. The minimum absolute atomic E-state index is 0.696. The van der Waals surface area contributed by atoms with Gasteiger partial charge in [-0.1, -0.05) is 0 Å². The largest absolute Gasteiger partial charge is 0.317 e. The van der Waals surface area contributed by atoms with Crippen LogP contribution in [0.4, 0.5) is 0 Å². The molecule has 4 heteroatoms. The Balaban J connectivity index is 1.80. The zero-order valence-electron chi connectivity index (χ0n) is 9.61. The van der Waals surface area contributed by atoms with Gasteiger partial charge in [-0.25, -0.2) is 0 Å². The predicted molar refractivity (Wildman–Crippen MR) is 67.0 cm³/mol. The molecule has 0 saturated carbocycles. The van der Waals surface area contributed by atoms with E-state index in [1.807, 2.05) is 11.8 Å². The molecule has 1 N–H and O–H groups in total. The molecule has 88 valence electrons. The van der Waals surface area contributed by atoms with Gasteiger partial charge in [0.15, 0.2) is 0 Å². The van der Waals surface area contributed by atoms with Crippen molar-refractivity contribution in [3.05, 3.63) is 11.8 Å². The van der Waals surface area contributed by atoms with Gasteiger partial charge in [-0.05, 0) is 50.6 Å². The van der Waals surface area contributed by atoms with Crippen LogP contribution in [0.2, 0.25) is 0 Å². The van der Waals surface area contributed by atoms with Gasteiger partial charge in [-0.3, -0.25) is 4.68 Å². The van der Waals surface area contributed by atoms with Crippen molar-refractivity contribution in [1.29, 1.82) is 0 Å². The van der Waals surface area contributed by atoms with Gasteiger partial charge >= 0.3 is 0 Å². The maximum atomic E-state index is 4.80. The molecule has 0 radical (unpaired) electrons. The second kappa shape index (κ2) is 4.80. The first kappa shape index (κ1) is 10.7. The summed E-state index contributed by atoms with van der Waals surface area (Å²) >= 11 is 1.98. The first-order valence-corrected chi connectivity index (χ1v) is 7.33. The van der Waals surface area contributed by atoms with Gasteiger partial charge < -0.3 is 5.32 Å². The van der Waals surface area contributed by atoms with E-state index in [1.54, 1.807) is 0 Å². The second-order valence-electron chi connectivity index (χ2n) is 4.71. The number of piperidine rings is 1. The summed E-state index contributed by atoms with van der Waals surface area (Å²) in [6, 6.07) is 2.34. The molecule has 0 bridgehead atoms. The molecule has 2 aliphatic heterocycles. The van der Waals surface area contributed by atoms with Crippen molar-refractivity contribution in [2.24, 2.45) is 0 Å². The highest BCUT2D eigenvalue weighted by Crippen LogP contribution is 2.30. The minimum atomic E-state index is 0.696. The fourth-order valence-corrected chi connectivity index (χ4v) is 3.60. The average Bonchev–Trinajstić information content (AvgIpc) is 2.62. The third kappa shape index (κ3) is 2.13. The second-order valence-corrected chi connectivity index (χ2v) is 5.83. The normalized spacial score (nSPS) is 22.8. The van der Waals surface area contributed by atoms with Gasteiger partial charge in [0.25, 0.3) is 0 Å². The van der Waals surface area contributed by atoms with Crippen LogP contribution >= 0.6 is 11.8 Å². The Bertz CT molecular complexity index is 332. The fourth-order valence-electron chi connectivity index (χ4n) is 2.55. The summed E-state index contributed by atoms with van der Waals surface area (Å²) in [4.78, 5) is 0. The molecule has 0 aromatic carbocycles. The molecule has 0 atom stereocenters. The average molecular weight is 237 g/mol. The third-order valence-electron chi connectivity index (χ3n) is 3.53. The zero-order chi connectivity index (χ0) is 10.8. The molecule has 3 nitrogen and oxygen atoms in total. The van der Waals surface area contributed by atoms with Crippen LogP contribution in [0.1, 0.15) is 37.3 Å². The van der Waals surface area contributed by atoms with Crippen molar-refractivity contribution in [1.82, 2.24) is 15.1 Å². The Morgan fingerprint density at radius 1 is 1.31 bits per heavy atom. The number of aryl methyl sites for hydroxylation is 1. The summed E-state index contributed by atoms with van der Waals surface area (Å²) in [5.74, 6) is 1.96. The quantitative estimate of drug-likeness (QED) is 0.812. The van der Waals surface area contributed by atoms with E-state index in [1.165, 1.54) is 42.2 Å². The van der Waals surface area contributed by atoms with E-state index in [9.17, 15) is 0 Å². The van der Waals surface area contributed by atoms with E-state index in [4.69, 9.17) is 5.10 Å². The summed E-state index contributed by atoms with van der Waals surface area (Å²) < 4.78 is 2.23. The Morgan fingerprint density at radius 3 is 3.06 bits per heavy atom. The molecule has 1 aromatic heterocycles. The number of aromatic nitrogens is 2. The number of hydrogen-bond acceptors (Lipinski definition) is 3. The number of thioether (sulfide) groups is 1. The van der Waals surface area contributed by atoms with Gasteiger partial charge in [-0.2, -0.15) is 5.10 Å². The molecule has 0 spiro atoms. The molecule has 2 aliphatic rings. The third-order valence-corrected chi connectivity index (χ3v) is 4.65. The molecule has 16 heavy (non-hydrogen) atoms. The van der Waals surface area contributed by atoms with Crippen molar-refractivity contribution in [2.45, 2.75) is 43.2 Å². The monoisotopic (exact) mass is 237 g/mol. The van der Waals surface area contributed by atoms with Gasteiger partial charge in [0.05, 0.1) is 10.7 Å². The van der Waals surface area contributed by atoms with Crippen LogP contribution in [0, 0.1) is 0 Å². The lowest BCUT2D eigenvalue weighted by Crippen LogP contribution is -2.26. The predicted octanol–water partition coefficient (Wildman–Crippen LogP) is 2.24. The fraction of sp³-hybridized carbons (Fsp3) is 0.750. The number of rotatable bonds is 1. The maximum Gasteiger partial charge on any atom is 0.0942 e. The van der Waals surface area contributed by atoms with E-state index < -0.39 is 0 Å². The summed E-state index contributed by atoms with van der Waals surface area (Å²) in [5.41, 5.74) is 1.34. The number of hydrogen-bond donors (Lipinski definition) is 1. The molecule has 0 amide bonds. The van der Waals surface area contributed by atoms with Crippen LogP contribution in [-0.2, 0) is 6.54 Å². The lowest BCUT2D eigenvalue weighted by molar-refractivity contribution is 0.444. The van der Waals surface area contributed by atoms with Crippen LogP contribution in [-0.4, -0.2) is 28.6 Å². The highest BCUT2D eigenvalue weighted by molar-refractivity contribution is 7.99. The van der Waals surface area contributed by atoms with Gasteiger partial charge in [0, 0.05) is 12.5 Å². The highest BCUT2D eigenvalue weighted by atomic mass is 32.2. The van der Waals surface area contributed by atoms with Gasteiger partial charge in [0.2, 0.25) is 0 Å². The van der Waals surface area contributed by atoms with Crippen molar-refractivity contribution >= 4 is 11.8 Å². The molecule has 1 saturated heterocycles. The first-order valence-electron chi connectivity index (χ1n) is 6.35. The van der Waals surface area contributed by atoms with Crippen molar-refractivity contribution in [3.63, 3.8) is 0 Å². The molecule has 1 aromatic rings. The molecule has 1 fully saturated rings. The number of fused-ring (bicyclic) bond motifs is 1. The summed E-state index contributed by atoms with van der Waals surface area (Å²) in [7, 11) is 0. The van der Waals surface area contributed by atoms with E-state index in [-0.39, 0.29) is 0 Å². The van der Waals surface area contributed by atoms with Crippen LogP contribution in [0.15, 0.2) is 11.1 Å². The molecule has 0 unspecified atom stereocenters. The van der Waals surface area contributed by atoms with Gasteiger partial charge in [0.1, 0.15) is 0 Å². The molecular weight excluding hydrogens is 218 g/mol. The SMILES string of the molecule is c1c(C2CCNCC2)nn2c1SCCCC2. The number of nitrogens with one attached hydrogen (secondary N) is 1. The summed E-state index contributed by atoms with van der Waals surface area (Å²) in [6.07, 6.45) is 5.12. The van der Waals surface area contributed by atoms with Crippen LogP contribution in [0.25, 0.3) is 0 Å². The number of nitrogens with zero attached hydrogens (tertiary/aromatic N) is 2. The van der Waals surface area contributed by atoms with Crippen molar-refractivity contribution < 1.29 is 0 Å². The molecule has 0 aliphatic carbocycles. The minimum Gasteiger partial charge on any atom is -0.317 e. The Morgan fingerprint density at radius 2 is 2.19 bits per heavy atom. The lowest BCUT2D eigenvalue weighted by atomic mass is 9.95. The van der Waals surface area contributed by atoms with E-state index >= 15 is 0 Å². The molecular formula is C12H19N3S. The smallest absolute Gasteiger partial charge is 0.0942 e. The van der Waals surface area contributed by atoms with E-state index in [0.717, 1.165) is 19.6 Å². The first-order chi connectivity index (χ1) is 7.93. The Labute approximate surface area is 101 Å². The maximum absolute atomic E-state index is 4.80. The highest BCUT2D eigenvalue weighted by Gasteiger charge is 2.20. The summed E-state index contributed by atoms with van der Waals surface area (Å²) in [5, 5.41) is 9.61. The van der Waals surface area contributed by atoms with Gasteiger partial charge in [-0.15, -0.1) is 11.8 Å². The topological polar surface area (TPSA) is 29.9 Å². The lowest BCUT2D eigenvalue weighted by Gasteiger charge is -2.20.